The molecule has 1 aliphatic carbocycles. The van der Waals surface area contributed by atoms with Crippen LogP contribution in [0, 0.1) is 17.2 Å². The van der Waals surface area contributed by atoms with E-state index in [0.717, 1.165) is 12.5 Å². The number of fused-ring (bicyclic) bond motifs is 1. The van der Waals surface area contributed by atoms with Gasteiger partial charge < -0.3 is 9.84 Å². The highest BCUT2D eigenvalue weighted by atomic mass is 16.5. The fourth-order valence-electron chi connectivity index (χ4n) is 4.10. The first-order valence-electron chi connectivity index (χ1n) is 8.81. The highest BCUT2D eigenvalue weighted by molar-refractivity contribution is 5.34. The number of ether oxygens (including phenoxy) is 1. The number of hydrogen-bond donors (Lipinski definition) is 1. The fourth-order valence-corrected chi connectivity index (χ4v) is 4.10. The predicted octanol–water partition coefficient (Wildman–Crippen LogP) is 2.95. The van der Waals surface area contributed by atoms with Crippen LogP contribution in [0.5, 0.6) is 5.75 Å². The molecule has 1 aromatic rings. The molecule has 1 N–H and O–H groups in total. The molecule has 1 aliphatic heterocycles. The molecular formula is C19H26N2O2. The summed E-state index contributed by atoms with van der Waals surface area (Å²) in [5.41, 5.74) is 0.620. The van der Waals surface area contributed by atoms with Crippen LogP contribution in [-0.2, 0) is 0 Å². The topological polar surface area (TPSA) is 56.5 Å². The molecule has 3 rings (SSSR count). The molecule has 124 valence electrons. The number of likely N-dealkylation sites (tertiary alicyclic amines) is 1. The summed E-state index contributed by atoms with van der Waals surface area (Å²) in [4.78, 5) is 2.49. The van der Waals surface area contributed by atoms with Crippen LogP contribution in [-0.4, -0.2) is 41.8 Å². The Hall–Kier alpha value is -1.57. The summed E-state index contributed by atoms with van der Waals surface area (Å²) in [5.74, 6) is 1.54. The predicted molar refractivity (Wildman–Crippen MR) is 89.2 cm³/mol. The molecule has 1 heterocycles. The summed E-state index contributed by atoms with van der Waals surface area (Å²) in [6, 6.07) is 9.79. The lowest BCUT2D eigenvalue weighted by Crippen LogP contribution is -2.50. The second-order valence-electron chi connectivity index (χ2n) is 6.85. The molecule has 0 radical (unpaired) electrons. The Kier molecular flexibility index (Phi) is 5.53. The molecule has 2 fully saturated rings. The quantitative estimate of drug-likeness (QED) is 0.908. The molecule has 0 spiro atoms. The second kappa shape index (κ2) is 7.81. The molecule has 4 heteroatoms. The van der Waals surface area contributed by atoms with E-state index in [0.29, 0.717) is 30.5 Å². The Labute approximate surface area is 138 Å². The molecule has 1 saturated carbocycles. The molecule has 1 aromatic carbocycles. The first kappa shape index (κ1) is 16.3. The lowest BCUT2D eigenvalue weighted by molar-refractivity contribution is 0.00654. The zero-order valence-corrected chi connectivity index (χ0v) is 13.7. The van der Waals surface area contributed by atoms with E-state index in [-0.39, 0.29) is 0 Å². The molecule has 3 atom stereocenters. The van der Waals surface area contributed by atoms with Crippen molar-refractivity contribution in [1.82, 2.24) is 4.90 Å². The summed E-state index contributed by atoms with van der Waals surface area (Å²) in [6.45, 7) is 2.12. The van der Waals surface area contributed by atoms with E-state index in [2.05, 4.69) is 11.0 Å². The fraction of sp³-hybridized carbons (Fsp3) is 0.632. The normalized spacial score (nSPS) is 26.1. The average molecular weight is 314 g/mol. The van der Waals surface area contributed by atoms with Crippen molar-refractivity contribution >= 4 is 0 Å². The summed E-state index contributed by atoms with van der Waals surface area (Å²) >= 11 is 0. The number of aliphatic hydroxyl groups is 1. The Morgan fingerprint density at radius 1 is 1.17 bits per heavy atom. The highest BCUT2D eigenvalue weighted by Crippen LogP contribution is 2.35. The SMILES string of the molecule is N#Cc1ccc(OC[C@H](O)CN2CCC[C@@H]3CCCC[C@@H]32)cc1. The van der Waals surface area contributed by atoms with E-state index in [1.54, 1.807) is 24.3 Å². The Balaban J connectivity index is 1.48. The van der Waals surface area contributed by atoms with Crippen LogP contribution in [0.2, 0.25) is 0 Å². The lowest BCUT2D eigenvalue weighted by atomic mass is 9.78. The van der Waals surface area contributed by atoms with Gasteiger partial charge in [-0.15, -0.1) is 0 Å². The number of aliphatic hydroxyl groups excluding tert-OH is 1. The molecule has 0 amide bonds. The Morgan fingerprint density at radius 2 is 1.91 bits per heavy atom. The van der Waals surface area contributed by atoms with Gasteiger partial charge in [-0.3, -0.25) is 4.90 Å². The second-order valence-corrected chi connectivity index (χ2v) is 6.85. The molecule has 4 nitrogen and oxygen atoms in total. The standard InChI is InChI=1S/C19H26N2O2/c20-12-15-7-9-18(10-8-15)23-14-17(22)13-21-11-3-5-16-4-1-2-6-19(16)21/h7-10,16-17,19,22H,1-6,11,13-14H2/t16-,17+,19-/m0/s1. The molecule has 2 aliphatic rings. The molecule has 23 heavy (non-hydrogen) atoms. The smallest absolute Gasteiger partial charge is 0.119 e. The van der Waals surface area contributed by atoms with E-state index >= 15 is 0 Å². The molecule has 0 unspecified atom stereocenters. The van der Waals surface area contributed by atoms with Crippen LogP contribution in [0.25, 0.3) is 0 Å². The highest BCUT2D eigenvalue weighted by Gasteiger charge is 2.33. The number of hydrogen-bond acceptors (Lipinski definition) is 4. The van der Waals surface area contributed by atoms with Gasteiger partial charge >= 0.3 is 0 Å². The number of rotatable bonds is 5. The van der Waals surface area contributed by atoms with Gasteiger partial charge in [-0.1, -0.05) is 12.8 Å². The Morgan fingerprint density at radius 3 is 2.70 bits per heavy atom. The largest absolute Gasteiger partial charge is 0.491 e. The zero-order chi connectivity index (χ0) is 16.1. The Bertz CT molecular complexity index is 535. The third-order valence-electron chi connectivity index (χ3n) is 5.23. The van der Waals surface area contributed by atoms with Gasteiger partial charge in [0.05, 0.1) is 11.6 Å². The van der Waals surface area contributed by atoms with Crippen molar-refractivity contribution < 1.29 is 9.84 Å². The van der Waals surface area contributed by atoms with Crippen molar-refractivity contribution in [2.24, 2.45) is 5.92 Å². The van der Waals surface area contributed by atoms with Crippen molar-refractivity contribution in [3.05, 3.63) is 29.8 Å². The van der Waals surface area contributed by atoms with Crippen LogP contribution in [0.1, 0.15) is 44.1 Å². The molecule has 0 bridgehead atoms. The first-order chi connectivity index (χ1) is 11.3. The van der Waals surface area contributed by atoms with Crippen molar-refractivity contribution in [2.75, 3.05) is 19.7 Å². The van der Waals surface area contributed by atoms with E-state index in [1.807, 2.05) is 0 Å². The van der Waals surface area contributed by atoms with Crippen LogP contribution < -0.4 is 4.74 Å². The number of benzene rings is 1. The van der Waals surface area contributed by atoms with Gasteiger partial charge in [-0.2, -0.15) is 5.26 Å². The summed E-state index contributed by atoms with van der Waals surface area (Å²) < 4.78 is 5.66. The van der Waals surface area contributed by atoms with Gasteiger partial charge in [-0.05, 0) is 62.4 Å². The van der Waals surface area contributed by atoms with Crippen molar-refractivity contribution in [1.29, 1.82) is 5.26 Å². The number of piperidine rings is 1. The van der Waals surface area contributed by atoms with Gasteiger partial charge in [0.1, 0.15) is 18.5 Å². The van der Waals surface area contributed by atoms with E-state index in [9.17, 15) is 5.11 Å². The van der Waals surface area contributed by atoms with Crippen LogP contribution in [0.15, 0.2) is 24.3 Å². The maximum atomic E-state index is 10.3. The first-order valence-corrected chi connectivity index (χ1v) is 8.81. The van der Waals surface area contributed by atoms with E-state index in [4.69, 9.17) is 10.00 Å². The minimum atomic E-state index is -0.466. The number of nitriles is 1. The third-order valence-corrected chi connectivity index (χ3v) is 5.23. The van der Waals surface area contributed by atoms with E-state index in [1.165, 1.54) is 38.5 Å². The van der Waals surface area contributed by atoms with Gasteiger partial charge in [0.2, 0.25) is 0 Å². The summed E-state index contributed by atoms with van der Waals surface area (Å²) in [5, 5.41) is 19.1. The number of nitrogens with zero attached hydrogens (tertiary/aromatic N) is 2. The average Bonchev–Trinajstić information content (AvgIpc) is 2.61. The summed E-state index contributed by atoms with van der Waals surface area (Å²) in [7, 11) is 0. The van der Waals surface area contributed by atoms with Crippen LogP contribution in [0.3, 0.4) is 0 Å². The van der Waals surface area contributed by atoms with Gasteiger partial charge in [0.25, 0.3) is 0 Å². The lowest BCUT2D eigenvalue weighted by Gasteiger charge is -2.44. The van der Waals surface area contributed by atoms with E-state index < -0.39 is 6.10 Å². The number of β-amino-alcohol motifs (C(OH)–C–C–N with tert-alkyl or cyclic N) is 1. The summed E-state index contributed by atoms with van der Waals surface area (Å²) in [6.07, 6.45) is 7.50. The molecular weight excluding hydrogens is 288 g/mol. The third kappa shape index (κ3) is 4.25. The van der Waals surface area contributed by atoms with Crippen LogP contribution in [0.4, 0.5) is 0 Å². The van der Waals surface area contributed by atoms with Gasteiger partial charge in [-0.25, -0.2) is 0 Å². The monoisotopic (exact) mass is 314 g/mol. The minimum Gasteiger partial charge on any atom is -0.491 e. The van der Waals surface area contributed by atoms with Gasteiger partial charge in [0.15, 0.2) is 0 Å². The van der Waals surface area contributed by atoms with Crippen molar-refractivity contribution in [3.8, 4) is 11.8 Å². The zero-order valence-electron chi connectivity index (χ0n) is 13.7. The maximum Gasteiger partial charge on any atom is 0.119 e. The van der Waals surface area contributed by atoms with Crippen molar-refractivity contribution in [3.63, 3.8) is 0 Å². The maximum absolute atomic E-state index is 10.3. The molecule has 1 saturated heterocycles. The molecule has 0 aromatic heterocycles. The van der Waals surface area contributed by atoms with Crippen molar-refractivity contribution in [2.45, 2.75) is 50.7 Å². The van der Waals surface area contributed by atoms with Gasteiger partial charge in [0, 0.05) is 12.6 Å². The van der Waals surface area contributed by atoms with Crippen LogP contribution >= 0.6 is 0 Å². The minimum absolute atomic E-state index is 0.305.